The first-order valence-corrected chi connectivity index (χ1v) is 12.1. The largest absolute Gasteiger partial charge is 0.342 e. The summed E-state index contributed by atoms with van der Waals surface area (Å²) in [4.78, 5) is 26.4. The maximum absolute atomic E-state index is 12.5. The Balaban J connectivity index is 1.52. The van der Waals surface area contributed by atoms with E-state index in [4.69, 9.17) is 0 Å². The summed E-state index contributed by atoms with van der Waals surface area (Å²) in [6.45, 7) is 3.48. The molecule has 0 aromatic heterocycles. The molecule has 0 radical (unpaired) electrons. The summed E-state index contributed by atoms with van der Waals surface area (Å²) in [5.74, 6) is -0.590. The van der Waals surface area contributed by atoms with Crippen molar-refractivity contribution in [1.29, 1.82) is 0 Å². The molecule has 2 aromatic carbocycles. The van der Waals surface area contributed by atoms with Crippen molar-refractivity contribution in [2.75, 3.05) is 25.0 Å². The number of unbranched alkanes of at least 4 members (excludes halogenated alkanes) is 1. The van der Waals surface area contributed by atoms with Gasteiger partial charge in [-0.2, -0.15) is 0 Å². The fourth-order valence-electron chi connectivity index (χ4n) is 3.53. The van der Waals surface area contributed by atoms with Gasteiger partial charge in [-0.1, -0.05) is 43.7 Å². The van der Waals surface area contributed by atoms with Gasteiger partial charge in [-0.25, -0.2) is 13.1 Å². The molecule has 1 aliphatic heterocycles. The van der Waals surface area contributed by atoms with Gasteiger partial charge in [0.15, 0.2) is 0 Å². The van der Waals surface area contributed by atoms with Gasteiger partial charge in [-0.15, -0.1) is 0 Å². The minimum atomic E-state index is -3.63. The molecule has 1 heterocycles. The number of rotatable bonds is 10. The summed E-state index contributed by atoms with van der Waals surface area (Å²) in [5, 5.41) is 2.79. The molecule has 2 amide bonds. The van der Waals surface area contributed by atoms with Gasteiger partial charge in [0.05, 0.1) is 10.8 Å². The number of carbonyl (C=O) groups is 2. The number of anilines is 1. The number of likely N-dealkylation sites (tertiary alicyclic amines) is 1. The van der Waals surface area contributed by atoms with Crippen molar-refractivity contribution in [2.45, 2.75) is 37.5 Å². The molecule has 1 fully saturated rings. The number of sulfonamides is 1. The zero-order chi connectivity index (χ0) is 22.3. The summed E-state index contributed by atoms with van der Waals surface area (Å²) in [7, 11) is -3.63. The van der Waals surface area contributed by atoms with Crippen molar-refractivity contribution in [3.05, 3.63) is 60.2 Å². The van der Waals surface area contributed by atoms with E-state index < -0.39 is 10.0 Å². The van der Waals surface area contributed by atoms with Crippen molar-refractivity contribution in [2.24, 2.45) is 5.92 Å². The van der Waals surface area contributed by atoms with E-state index in [-0.39, 0.29) is 29.0 Å². The number of hydrogen-bond donors (Lipinski definition) is 2. The Morgan fingerprint density at radius 2 is 1.81 bits per heavy atom. The molecule has 8 heteroatoms. The van der Waals surface area contributed by atoms with Crippen molar-refractivity contribution in [1.82, 2.24) is 9.62 Å². The SMILES string of the molecule is CCCCN1C[C@@H](C(=O)Nc2ccc(S(=O)(=O)NCCc3ccccc3)cc2)CC1=O. The average molecular weight is 444 g/mol. The monoisotopic (exact) mass is 443 g/mol. The highest BCUT2D eigenvalue weighted by Crippen LogP contribution is 2.21. The maximum atomic E-state index is 12.5. The van der Waals surface area contributed by atoms with Gasteiger partial charge in [0.1, 0.15) is 0 Å². The molecular weight excluding hydrogens is 414 g/mol. The molecule has 0 unspecified atom stereocenters. The Bertz CT molecular complexity index is 991. The van der Waals surface area contributed by atoms with Crippen LogP contribution in [-0.4, -0.2) is 44.8 Å². The summed E-state index contributed by atoms with van der Waals surface area (Å²) >= 11 is 0. The van der Waals surface area contributed by atoms with Gasteiger partial charge in [0.2, 0.25) is 21.8 Å². The zero-order valence-corrected chi connectivity index (χ0v) is 18.5. The smallest absolute Gasteiger partial charge is 0.240 e. The molecule has 0 bridgehead atoms. The Morgan fingerprint density at radius 1 is 1.10 bits per heavy atom. The van der Waals surface area contributed by atoms with E-state index in [9.17, 15) is 18.0 Å². The summed E-state index contributed by atoms with van der Waals surface area (Å²) in [6.07, 6.45) is 2.74. The molecule has 1 saturated heterocycles. The van der Waals surface area contributed by atoms with Crippen molar-refractivity contribution in [3.63, 3.8) is 0 Å². The van der Waals surface area contributed by atoms with E-state index >= 15 is 0 Å². The third kappa shape index (κ3) is 6.38. The summed E-state index contributed by atoms with van der Waals surface area (Å²) in [5.41, 5.74) is 1.56. The standard InChI is InChI=1S/C23H29N3O4S/c1-2-3-15-26-17-19(16-22(26)27)23(28)25-20-9-11-21(12-10-20)31(29,30)24-14-13-18-7-5-4-6-8-18/h4-12,19,24H,2-3,13-17H2,1H3,(H,25,28)/t19-/m0/s1. The molecule has 2 aromatic rings. The van der Waals surface area contributed by atoms with Crippen LogP contribution in [-0.2, 0) is 26.0 Å². The molecule has 7 nitrogen and oxygen atoms in total. The molecule has 0 saturated carbocycles. The van der Waals surface area contributed by atoms with Crippen LogP contribution < -0.4 is 10.0 Å². The third-order valence-electron chi connectivity index (χ3n) is 5.35. The first-order valence-electron chi connectivity index (χ1n) is 10.6. The Kier molecular flexibility index (Phi) is 7.81. The Morgan fingerprint density at radius 3 is 2.48 bits per heavy atom. The fourth-order valence-corrected chi connectivity index (χ4v) is 4.56. The highest BCUT2D eigenvalue weighted by molar-refractivity contribution is 7.89. The van der Waals surface area contributed by atoms with E-state index in [0.29, 0.717) is 31.7 Å². The molecule has 0 spiro atoms. The predicted molar refractivity (Wildman–Crippen MR) is 120 cm³/mol. The summed E-state index contributed by atoms with van der Waals surface area (Å²) in [6, 6.07) is 15.7. The van der Waals surface area contributed by atoms with E-state index in [1.807, 2.05) is 30.3 Å². The van der Waals surface area contributed by atoms with E-state index in [2.05, 4.69) is 17.0 Å². The predicted octanol–water partition coefficient (Wildman–Crippen LogP) is 2.79. The number of benzene rings is 2. The quantitative estimate of drug-likeness (QED) is 0.590. The lowest BCUT2D eigenvalue weighted by atomic mass is 10.1. The molecule has 3 rings (SSSR count). The Hall–Kier alpha value is -2.71. The highest BCUT2D eigenvalue weighted by Gasteiger charge is 2.33. The van der Waals surface area contributed by atoms with Gasteiger partial charge >= 0.3 is 0 Å². The van der Waals surface area contributed by atoms with Gasteiger partial charge < -0.3 is 10.2 Å². The second kappa shape index (κ2) is 10.5. The minimum absolute atomic E-state index is 0.0108. The van der Waals surface area contributed by atoms with Crippen LogP contribution in [0, 0.1) is 5.92 Å². The second-order valence-electron chi connectivity index (χ2n) is 7.74. The van der Waals surface area contributed by atoms with Crippen LogP contribution in [0.25, 0.3) is 0 Å². The minimum Gasteiger partial charge on any atom is -0.342 e. The fraction of sp³-hybridized carbons (Fsp3) is 0.391. The lowest BCUT2D eigenvalue weighted by molar-refractivity contribution is -0.128. The third-order valence-corrected chi connectivity index (χ3v) is 6.82. The maximum Gasteiger partial charge on any atom is 0.240 e. The molecule has 2 N–H and O–H groups in total. The van der Waals surface area contributed by atoms with Gasteiger partial charge in [0, 0.05) is 31.7 Å². The second-order valence-corrected chi connectivity index (χ2v) is 9.51. The molecule has 1 atom stereocenters. The molecule has 0 aliphatic carbocycles. The Labute approximate surface area is 183 Å². The van der Waals surface area contributed by atoms with Crippen LogP contribution in [0.4, 0.5) is 5.69 Å². The van der Waals surface area contributed by atoms with Crippen LogP contribution in [0.15, 0.2) is 59.5 Å². The first kappa shape index (κ1) is 23.0. The van der Waals surface area contributed by atoms with Crippen molar-refractivity contribution in [3.8, 4) is 0 Å². The van der Waals surface area contributed by atoms with Crippen LogP contribution in [0.2, 0.25) is 0 Å². The van der Waals surface area contributed by atoms with Gasteiger partial charge in [-0.05, 0) is 42.7 Å². The van der Waals surface area contributed by atoms with Crippen LogP contribution in [0.5, 0.6) is 0 Å². The van der Waals surface area contributed by atoms with Crippen LogP contribution >= 0.6 is 0 Å². The number of carbonyl (C=O) groups excluding carboxylic acids is 2. The number of nitrogens with one attached hydrogen (secondary N) is 2. The highest BCUT2D eigenvalue weighted by atomic mass is 32.2. The molecular formula is C23H29N3O4S. The molecule has 166 valence electrons. The van der Waals surface area contributed by atoms with E-state index in [0.717, 1.165) is 18.4 Å². The average Bonchev–Trinajstić information content (AvgIpc) is 3.14. The zero-order valence-electron chi connectivity index (χ0n) is 17.7. The van der Waals surface area contributed by atoms with Crippen LogP contribution in [0.3, 0.4) is 0 Å². The topological polar surface area (TPSA) is 95.6 Å². The summed E-state index contributed by atoms with van der Waals surface area (Å²) < 4.78 is 27.6. The number of hydrogen-bond acceptors (Lipinski definition) is 4. The molecule has 31 heavy (non-hydrogen) atoms. The van der Waals surface area contributed by atoms with E-state index in [1.165, 1.54) is 12.1 Å². The van der Waals surface area contributed by atoms with Crippen molar-refractivity contribution < 1.29 is 18.0 Å². The van der Waals surface area contributed by atoms with E-state index in [1.54, 1.807) is 17.0 Å². The number of nitrogens with zero attached hydrogens (tertiary/aromatic N) is 1. The first-order chi connectivity index (χ1) is 14.9. The normalized spacial score (nSPS) is 16.5. The van der Waals surface area contributed by atoms with Crippen molar-refractivity contribution >= 4 is 27.5 Å². The number of amides is 2. The van der Waals surface area contributed by atoms with Crippen LogP contribution in [0.1, 0.15) is 31.7 Å². The lowest BCUT2D eigenvalue weighted by Gasteiger charge is -2.16. The van der Waals surface area contributed by atoms with Gasteiger partial charge in [-0.3, -0.25) is 9.59 Å². The van der Waals surface area contributed by atoms with Gasteiger partial charge in [0.25, 0.3) is 0 Å². The molecule has 1 aliphatic rings. The lowest BCUT2D eigenvalue weighted by Crippen LogP contribution is -2.29.